The van der Waals surface area contributed by atoms with Gasteiger partial charge in [0.25, 0.3) is 0 Å². The zero-order chi connectivity index (χ0) is 16.9. The van der Waals surface area contributed by atoms with Gasteiger partial charge in [0, 0.05) is 17.7 Å². The van der Waals surface area contributed by atoms with Gasteiger partial charge in [0.1, 0.15) is 9.98 Å². The van der Waals surface area contributed by atoms with Crippen LogP contribution in [-0.2, 0) is 4.74 Å². The molecule has 0 N–H and O–H groups in total. The third-order valence-electron chi connectivity index (χ3n) is 3.95. The van der Waals surface area contributed by atoms with Crippen molar-refractivity contribution in [3.63, 3.8) is 0 Å². The second-order valence-corrected chi connectivity index (χ2v) is 7.88. The van der Waals surface area contributed by atoms with E-state index in [4.69, 9.17) is 16.3 Å². The Kier molecular flexibility index (Phi) is 6.32. The van der Waals surface area contributed by atoms with E-state index >= 15 is 0 Å². The Hall–Kier alpha value is -0.890. The molecule has 3 rings (SSSR count). The van der Waals surface area contributed by atoms with Gasteiger partial charge in [-0.1, -0.05) is 29.8 Å². The second-order valence-electron chi connectivity index (χ2n) is 5.60. The molecule has 24 heavy (non-hydrogen) atoms. The van der Waals surface area contributed by atoms with E-state index in [1.807, 2.05) is 0 Å². The number of hydrogen-bond acceptors (Lipinski definition) is 7. The maximum atomic E-state index is 12.0. The molecule has 0 spiro atoms. The van der Waals surface area contributed by atoms with E-state index in [0.717, 1.165) is 17.1 Å². The van der Waals surface area contributed by atoms with Crippen LogP contribution in [0.1, 0.15) is 36.5 Å². The van der Waals surface area contributed by atoms with Gasteiger partial charge in [-0.2, -0.15) is 0 Å². The van der Waals surface area contributed by atoms with Gasteiger partial charge in [0.15, 0.2) is 5.16 Å². The Labute approximate surface area is 154 Å². The van der Waals surface area contributed by atoms with Crippen LogP contribution in [0, 0.1) is 0 Å². The second kappa shape index (κ2) is 8.47. The fourth-order valence-electron chi connectivity index (χ4n) is 2.75. The quantitative estimate of drug-likeness (QED) is 0.323. The number of likely N-dealkylation sites (tertiary alicyclic amines) is 1. The monoisotopic (exact) mass is 385 g/mol. The molecule has 0 aliphatic carbocycles. The highest BCUT2D eigenvalue weighted by molar-refractivity contribution is 7.99. The Bertz CT molecular complexity index is 717. The first-order valence-electron chi connectivity index (χ1n) is 8.16. The normalized spacial score (nSPS) is 15.8. The summed E-state index contributed by atoms with van der Waals surface area (Å²) in [5.74, 6) is 0.567. The summed E-state index contributed by atoms with van der Waals surface area (Å²) in [4.78, 5) is 24.1. The number of fused-ring (bicyclic) bond motifs is 1. The number of thiophene rings is 1. The Morgan fingerprint density at radius 1 is 1.38 bits per heavy atom. The molecule has 1 fully saturated rings. The zero-order valence-corrected chi connectivity index (χ0v) is 16.0. The Morgan fingerprint density at radius 3 is 2.92 bits per heavy atom. The summed E-state index contributed by atoms with van der Waals surface area (Å²) < 4.78 is 5.05. The number of aromatic nitrogens is 2. The number of thioether (sulfide) groups is 1. The number of carbonyl (C=O) groups excluding carboxylic acids is 1. The highest BCUT2D eigenvalue weighted by atomic mass is 35.5. The largest absolute Gasteiger partial charge is 0.462 e. The number of rotatable bonds is 6. The van der Waals surface area contributed by atoms with Gasteiger partial charge in [-0.05, 0) is 32.9 Å². The first-order valence-corrected chi connectivity index (χ1v) is 10.4. The van der Waals surface area contributed by atoms with E-state index in [1.54, 1.807) is 24.1 Å². The Balaban J connectivity index is 1.68. The minimum absolute atomic E-state index is 0.324. The molecule has 0 bridgehead atoms. The van der Waals surface area contributed by atoms with Crippen molar-refractivity contribution in [2.45, 2.75) is 31.3 Å². The van der Waals surface area contributed by atoms with Crippen LogP contribution in [0.3, 0.4) is 0 Å². The van der Waals surface area contributed by atoms with Crippen molar-refractivity contribution < 1.29 is 9.53 Å². The SMILES string of the molecule is CCOC(=O)c1csc2nc(SCCN3CCCCC3)nc(Cl)c12. The summed E-state index contributed by atoms with van der Waals surface area (Å²) in [5.41, 5.74) is 0.451. The van der Waals surface area contributed by atoms with Crippen molar-refractivity contribution in [3.05, 3.63) is 16.1 Å². The molecule has 0 unspecified atom stereocenters. The molecule has 0 saturated carbocycles. The Morgan fingerprint density at radius 2 is 2.17 bits per heavy atom. The summed E-state index contributed by atoms with van der Waals surface area (Å²) >= 11 is 9.32. The molecule has 0 radical (unpaired) electrons. The molecule has 0 atom stereocenters. The van der Waals surface area contributed by atoms with E-state index < -0.39 is 0 Å². The van der Waals surface area contributed by atoms with Crippen LogP contribution >= 0.6 is 34.7 Å². The minimum atomic E-state index is -0.375. The molecular formula is C16H20ClN3O2S2. The van der Waals surface area contributed by atoms with Gasteiger partial charge < -0.3 is 9.64 Å². The number of piperidine rings is 1. The lowest BCUT2D eigenvalue weighted by molar-refractivity contribution is 0.0529. The van der Waals surface area contributed by atoms with Crippen LogP contribution < -0.4 is 0 Å². The summed E-state index contributed by atoms with van der Waals surface area (Å²) in [5, 5.41) is 3.33. The van der Waals surface area contributed by atoms with Gasteiger partial charge in [-0.3, -0.25) is 0 Å². The van der Waals surface area contributed by atoms with Crippen molar-refractivity contribution in [3.8, 4) is 0 Å². The van der Waals surface area contributed by atoms with Gasteiger partial charge >= 0.3 is 5.97 Å². The van der Waals surface area contributed by atoms with Crippen LogP contribution in [0.25, 0.3) is 10.2 Å². The molecule has 8 heteroatoms. The van der Waals surface area contributed by atoms with Crippen LogP contribution in [0.2, 0.25) is 5.15 Å². The predicted octanol–water partition coefficient (Wildman–Crippen LogP) is 4.10. The summed E-state index contributed by atoms with van der Waals surface area (Å²) in [7, 11) is 0. The highest BCUT2D eigenvalue weighted by Gasteiger charge is 2.19. The molecule has 2 aromatic heterocycles. The molecule has 2 aromatic rings. The molecular weight excluding hydrogens is 366 g/mol. The van der Waals surface area contributed by atoms with Gasteiger partial charge in [0.2, 0.25) is 0 Å². The van der Waals surface area contributed by atoms with Crippen molar-refractivity contribution in [1.29, 1.82) is 0 Å². The number of hydrogen-bond donors (Lipinski definition) is 0. The average Bonchev–Trinajstić information content (AvgIpc) is 3.01. The number of nitrogens with zero attached hydrogens (tertiary/aromatic N) is 3. The maximum absolute atomic E-state index is 12.0. The first-order chi connectivity index (χ1) is 11.7. The third kappa shape index (κ3) is 4.20. The lowest BCUT2D eigenvalue weighted by Crippen LogP contribution is -2.31. The van der Waals surface area contributed by atoms with Crippen LogP contribution in [0.4, 0.5) is 0 Å². The smallest absolute Gasteiger partial charge is 0.339 e. The van der Waals surface area contributed by atoms with E-state index in [2.05, 4.69) is 14.9 Å². The van der Waals surface area contributed by atoms with Gasteiger partial charge in [-0.15, -0.1) is 11.3 Å². The van der Waals surface area contributed by atoms with E-state index in [-0.39, 0.29) is 5.97 Å². The van der Waals surface area contributed by atoms with Crippen LogP contribution in [0.15, 0.2) is 10.5 Å². The van der Waals surface area contributed by atoms with Crippen LogP contribution in [0.5, 0.6) is 0 Å². The highest BCUT2D eigenvalue weighted by Crippen LogP contribution is 2.32. The maximum Gasteiger partial charge on any atom is 0.339 e. The predicted molar refractivity (Wildman–Crippen MR) is 99.4 cm³/mol. The molecule has 3 heterocycles. The first kappa shape index (κ1) is 17.9. The third-order valence-corrected chi connectivity index (χ3v) is 5.92. The van der Waals surface area contributed by atoms with Crippen LogP contribution in [-0.4, -0.2) is 52.8 Å². The lowest BCUT2D eigenvalue weighted by Gasteiger charge is -2.25. The van der Waals surface area contributed by atoms with Crippen molar-refractivity contribution in [2.75, 3.05) is 32.0 Å². The molecule has 0 aromatic carbocycles. The molecule has 5 nitrogen and oxygen atoms in total. The molecule has 0 amide bonds. The fourth-order valence-corrected chi connectivity index (χ4v) is 4.94. The average molecular weight is 386 g/mol. The van der Waals surface area contributed by atoms with Crippen molar-refractivity contribution in [1.82, 2.24) is 14.9 Å². The lowest BCUT2D eigenvalue weighted by atomic mass is 10.1. The molecule has 1 saturated heterocycles. The van der Waals surface area contributed by atoms with Crippen molar-refractivity contribution in [2.24, 2.45) is 0 Å². The number of esters is 1. The molecule has 130 valence electrons. The molecule has 1 aliphatic rings. The van der Waals surface area contributed by atoms with Gasteiger partial charge in [0.05, 0.1) is 17.6 Å². The standard InChI is InChI=1S/C16H20ClN3O2S2/c1-2-22-15(21)11-10-24-14-12(11)13(17)18-16(19-14)23-9-8-20-6-4-3-5-7-20/h10H,2-9H2,1H3. The minimum Gasteiger partial charge on any atom is -0.462 e. The number of ether oxygens (including phenoxy) is 1. The number of halogens is 1. The summed E-state index contributed by atoms with van der Waals surface area (Å²) in [6.45, 7) is 5.53. The van der Waals surface area contributed by atoms with E-state index in [0.29, 0.717) is 27.9 Å². The summed E-state index contributed by atoms with van der Waals surface area (Å²) in [6.07, 6.45) is 3.94. The fraction of sp³-hybridized carbons (Fsp3) is 0.562. The van der Waals surface area contributed by atoms with Gasteiger partial charge in [-0.25, -0.2) is 14.8 Å². The van der Waals surface area contributed by atoms with Crippen molar-refractivity contribution >= 4 is 50.9 Å². The topological polar surface area (TPSA) is 55.3 Å². The van der Waals surface area contributed by atoms with E-state index in [1.165, 1.54) is 43.7 Å². The van der Waals surface area contributed by atoms with E-state index in [9.17, 15) is 4.79 Å². The zero-order valence-electron chi connectivity index (χ0n) is 13.6. The number of carbonyl (C=O) groups is 1. The molecule has 1 aliphatic heterocycles. The summed E-state index contributed by atoms with van der Waals surface area (Å²) in [6, 6.07) is 0.